The fourth-order valence-electron chi connectivity index (χ4n) is 2.64. The molecule has 0 fully saturated rings. The quantitative estimate of drug-likeness (QED) is 0.612. The molecule has 0 aliphatic heterocycles. The van der Waals surface area contributed by atoms with Gasteiger partial charge in [0.2, 0.25) is 0 Å². The van der Waals surface area contributed by atoms with E-state index in [4.69, 9.17) is 0 Å². The maximum atomic E-state index is 12.6. The molecule has 0 aromatic carbocycles. The molecule has 0 radical (unpaired) electrons. The summed E-state index contributed by atoms with van der Waals surface area (Å²) in [6.07, 6.45) is 6.97. The molecule has 0 aliphatic rings. The van der Waals surface area contributed by atoms with Crippen molar-refractivity contribution in [2.24, 2.45) is 0 Å². The van der Waals surface area contributed by atoms with Crippen molar-refractivity contribution in [2.75, 3.05) is 0 Å². The molecule has 0 unspecified atom stereocenters. The summed E-state index contributed by atoms with van der Waals surface area (Å²) >= 11 is 0. The standard InChI is InChI=1S/C17H15N7O/c1-12-16(23-8-3-2-6-15(23)20-12)17(25)19-9-13-11-24(22-21-13)14-5-4-7-18-10-14/h2-8,10-11H,9H2,1H3,(H,19,25). The molecule has 124 valence electrons. The van der Waals surface area contributed by atoms with Crippen LogP contribution < -0.4 is 5.32 Å². The van der Waals surface area contributed by atoms with Crippen LogP contribution >= 0.6 is 0 Å². The first-order valence-corrected chi connectivity index (χ1v) is 7.76. The van der Waals surface area contributed by atoms with E-state index in [0.717, 1.165) is 11.3 Å². The zero-order valence-electron chi connectivity index (χ0n) is 13.5. The van der Waals surface area contributed by atoms with Crippen LogP contribution in [0, 0.1) is 6.92 Å². The van der Waals surface area contributed by atoms with Crippen LogP contribution in [0.2, 0.25) is 0 Å². The molecule has 0 atom stereocenters. The number of aryl methyl sites for hydroxylation is 1. The van der Waals surface area contributed by atoms with Gasteiger partial charge >= 0.3 is 0 Å². The summed E-state index contributed by atoms with van der Waals surface area (Å²) < 4.78 is 3.39. The average molecular weight is 333 g/mol. The van der Waals surface area contributed by atoms with Crippen molar-refractivity contribution in [1.82, 2.24) is 34.7 Å². The van der Waals surface area contributed by atoms with Gasteiger partial charge in [-0.1, -0.05) is 11.3 Å². The molecule has 4 aromatic rings. The topological polar surface area (TPSA) is 90.0 Å². The van der Waals surface area contributed by atoms with Gasteiger partial charge in [-0.05, 0) is 31.2 Å². The Hall–Kier alpha value is -3.55. The number of pyridine rings is 2. The van der Waals surface area contributed by atoms with E-state index in [0.29, 0.717) is 17.1 Å². The van der Waals surface area contributed by atoms with Crippen molar-refractivity contribution in [3.63, 3.8) is 0 Å². The third-order valence-corrected chi connectivity index (χ3v) is 3.80. The van der Waals surface area contributed by atoms with Crippen LogP contribution in [0.4, 0.5) is 0 Å². The number of aromatic nitrogens is 6. The molecule has 1 N–H and O–H groups in total. The Morgan fingerprint density at radius 2 is 2.16 bits per heavy atom. The number of imidazole rings is 1. The number of hydrogen-bond acceptors (Lipinski definition) is 5. The van der Waals surface area contributed by atoms with E-state index in [1.165, 1.54) is 0 Å². The SMILES string of the molecule is Cc1nc2ccccn2c1C(=O)NCc1cn(-c2cccnc2)nn1. The van der Waals surface area contributed by atoms with E-state index in [1.807, 2.05) is 43.5 Å². The summed E-state index contributed by atoms with van der Waals surface area (Å²) in [4.78, 5) is 21.0. The largest absolute Gasteiger partial charge is 0.345 e. The predicted molar refractivity (Wildman–Crippen MR) is 90.3 cm³/mol. The zero-order chi connectivity index (χ0) is 17.2. The number of nitrogens with zero attached hydrogens (tertiary/aromatic N) is 6. The van der Waals surface area contributed by atoms with Crippen molar-refractivity contribution in [1.29, 1.82) is 0 Å². The van der Waals surface area contributed by atoms with Crippen LogP contribution in [0.1, 0.15) is 21.9 Å². The summed E-state index contributed by atoms with van der Waals surface area (Å²) in [6, 6.07) is 9.33. The predicted octanol–water partition coefficient (Wildman–Crippen LogP) is 1.55. The Balaban J connectivity index is 1.51. The second-order valence-electron chi connectivity index (χ2n) is 5.52. The first-order chi connectivity index (χ1) is 12.2. The van der Waals surface area contributed by atoms with Crippen molar-refractivity contribution in [3.05, 3.63) is 72.2 Å². The Labute approximate surface area is 143 Å². The van der Waals surface area contributed by atoms with Gasteiger partial charge in [-0.25, -0.2) is 9.67 Å². The number of hydrogen-bond donors (Lipinski definition) is 1. The molecular weight excluding hydrogens is 318 g/mol. The lowest BCUT2D eigenvalue weighted by Gasteiger charge is -2.04. The number of amides is 1. The Morgan fingerprint density at radius 1 is 1.24 bits per heavy atom. The summed E-state index contributed by atoms with van der Waals surface area (Å²) in [5.41, 5.74) is 3.42. The second-order valence-corrected chi connectivity index (χ2v) is 5.52. The molecule has 4 heterocycles. The molecule has 0 bridgehead atoms. The van der Waals surface area contributed by atoms with Crippen LogP contribution in [0.3, 0.4) is 0 Å². The van der Waals surface area contributed by atoms with Crippen LogP contribution in [-0.2, 0) is 6.54 Å². The van der Waals surface area contributed by atoms with Crippen LogP contribution in [-0.4, -0.2) is 35.3 Å². The van der Waals surface area contributed by atoms with Gasteiger partial charge < -0.3 is 5.32 Å². The van der Waals surface area contributed by atoms with Gasteiger partial charge in [-0.3, -0.25) is 14.2 Å². The Bertz CT molecular complexity index is 1040. The van der Waals surface area contributed by atoms with E-state index in [2.05, 4.69) is 25.6 Å². The first kappa shape index (κ1) is 15.0. The third-order valence-electron chi connectivity index (χ3n) is 3.80. The molecule has 4 rings (SSSR count). The maximum absolute atomic E-state index is 12.6. The fraction of sp³-hybridized carbons (Fsp3) is 0.118. The minimum Gasteiger partial charge on any atom is -0.345 e. The minimum absolute atomic E-state index is 0.202. The average Bonchev–Trinajstić information content (AvgIpc) is 3.24. The number of fused-ring (bicyclic) bond motifs is 1. The number of nitrogens with one attached hydrogen (secondary N) is 1. The van der Waals surface area contributed by atoms with E-state index < -0.39 is 0 Å². The summed E-state index contributed by atoms with van der Waals surface area (Å²) in [6.45, 7) is 2.10. The van der Waals surface area contributed by atoms with Crippen molar-refractivity contribution in [3.8, 4) is 5.69 Å². The molecule has 0 spiro atoms. The first-order valence-electron chi connectivity index (χ1n) is 7.76. The van der Waals surface area contributed by atoms with Crippen molar-refractivity contribution in [2.45, 2.75) is 13.5 Å². The summed E-state index contributed by atoms with van der Waals surface area (Å²) in [5, 5.41) is 11.0. The number of carbonyl (C=O) groups excluding carboxylic acids is 1. The molecular formula is C17H15N7O. The normalized spacial score (nSPS) is 10.9. The lowest BCUT2D eigenvalue weighted by molar-refractivity contribution is 0.0944. The highest BCUT2D eigenvalue weighted by Crippen LogP contribution is 2.12. The van der Waals surface area contributed by atoms with E-state index in [9.17, 15) is 4.79 Å². The van der Waals surface area contributed by atoms with Gasteiger partial charge in [0, 0.05) is 12.4 Å². The number of rotatable bonds is 4. The molecule has 8 nitrogen and oxygen atoms in total. The van der Waals surface area contributed by atoms with Gasteiger partial charge in [0.15, 0.2) is 0 Å². The van der Waals surface area contributed by atoms with Gasteiger partial charge in [0.25, 0.3) is 5.91 Å². The van der Waals surface area contributed by atoms with E-state index in [1.54, 1.807) is 27.7 Å². The third kappa shape index (κ3) is 2.85. The van der Waals surface area contributed by atoms with Gasteiger partial charge in [0.05, 0.1) is 30.3 Å². The highest BCUT2D eigenvalue weighted by molar-refractivity contribution is 5.94. The zero-order valence-corrected chi connectivity index (χ0v) is 13.5. The Kier molecular flexibility index (Phi) is 3.70. The molecule has 0 saturated carbocycles. The Morgan fingerprint density at radius 3 is 3.00 bits per heavy atom. The van der Waals surface area contributed by atoms with Crippen LogP contribution in [0.25, 0.3) is 11.3 Å². The molecule has 25 heavy (non-hydrogen) atoms. The molecule has 8 heteroatoms. The van der Waals surface area contributed by atoms with Gasteiger partial charge in [-0.15, -0.1) is 5.10 Å². The number of carbonyl (C=O) groups is 1. The molecule has 0 aliphatic carbocycles. The van der Waals surface area contributed by atoms with Crippen molar-refractivity contribution < 1.29 is 4.79 Å². The minimum atomic E-state index is -0.202. The van der Waals surface area contributed by atoms with Gasteiger partial charge in [-0.2, -0.15) is 0 Å². The monoisotopic (exact) mass is 333 g/mol. The summed E-state index contributed by atoms with van der Waals surface area (Å²) in [7, 11) is 0. The highest BCUT2D eigenvalue weighted by atomic mass is 16.1. The lowest BCUT2D eigenvalue weighted by Crippen LogP contribution is -2.25. The molecule has 4 aromatic heterocycles. The fourth-order valence-corrected chi connectivity index (χ4v) is 2.64. The van der Waals surface area contributed by atoms with E-state index in [-0.39, 0.29) is 12.5 Å². The second kappa shape index (κ2) is 6.16. The van der Waals surface area contributed by atoms with Gasteiger partial charge in [0.1, 0.15) is 17.0 Å². The maximum Gasteiger partial charge on any atom is 0.270 e. The van der Waals surface area contributed by atoms with Crippen molar-refractivity contribution >= 4 is 11.6 Å². The summed E-state index contributed by atoms with van der Waals surface area (Å²) in [5.74, 6) is -0.202. The van der Waals surface area contributed by atoms with Crippen LogP contribution in [0.5, 0.6) is 0 Å². The van der Waals surface area contributed by atoms with Crippen LogP contribution in [0.15, 0.2) is 55.1 Å². The molecule has 1 amide bonds. The highest BCUT2D eigenvalue weighted by Gasteiger charge is 2.16. The lowest BCUT2D eigenvalue weighted by atomic mass is 10.3. The van der Waals surface area contributed by atoms with E-state index >= 15 is 0 Å². The molecule has 0 saturated heterocycles. The smallest absolute Gasteiger partial charge is 0.270 e.